The zero-order valence-corrected chi connectivity index (χ0v) is 18.1. The summed E-state index contributed by atoms with van der Waals surface area (Å²) in [6.45, 7) is 0. The minimum Gasteiger partial charge on any atom is -0.497 e. The van der Waals surface area contributed by atoms with Crippen LogP contribution in [-0.2, 0) is 10.0 Å². The zero-order chi connectivity index (χ0) is 21.6. The first-order valence-corrected chi connectivity index (χ1v) is 11.8. The molecule has 0 radical (unpaired) electrons. The summed E-state index contributed by atoms with van der Waals surface area (Å²) in [7, 11) is -2.44. The quantitative estimate of drug-likeness (QED) is 0.330. The average Bonchev–Trinajstić information content (AvgIpc) is 3.37. The highest BCUT2D eigenvalue weighted by Crippen LogP contribution is 2.42. The van der Waals surface area contributed by atoms with Crippen molar-refractivity contribution in [3.63, 3.8) is 0 Å². The Morgan fingerprint density at radius 1 is 0.935 bits per heavy atom. The van der Waals surface area contributed by atoms with E-state index in [0.29, 0.717) is 28.5 Å². The molecule has 0 atom stereocenters. The maximum atomic E-state index is 13.6. The highest BCUT2D eigenvalue weighted by molar-refractivity contribution is 7.90. The fraction of sp³-hybridized carbons (Fsp3) is 0.0417. The summed E-state index contributed by atoms with van der Waals surface area (Å²) < 4.78 is 34.7. The minimum atomic E-state index is -4.00. The molecule has 0 saturated heterocycles. The first-order valence-electron chi connectivity index (χ1n) is 9.52. The number of carbonyl (C=O) groups excluding carboxylic acids is 1. The lowest BCUT2D eigenvalue weighted by Crippen LogP contribution is -2.15. The van der Waals surface area contributed by atoms with Gasteiger partial charge in [0.15, 0.2) is 6.29 Å². The molecule has 0 aliphatic rings. The van der Waals surface area contributed by atoms with Crippen LogP contribution in [0.15, 0.2) is 83.8 Å². The van der Waals surface area contributed by atoms with Gasteiger partial charge in [0, 0.05) is 20.5 Å². The van der Waals surface area contributed by atoms with Crippen molar-refractivity contribution >= 4 is 48.6 Å². The number of carbonyl (C=O) groups is 1. The Bertz CT molecular complexity index is 1510. The molecule has 0 N–H and O–H groups in total. The van der Waals surface area contributed by atoms with Gasteiger partial charge in [-0.15, -0.1) is 11.3 Å². The third-order valence-corrected chi connectivity index (χ3v) is 8.11. The normalized spacial score (nSPS) is 11.8. The predicted octanol–water partition coefficient (Wildman–Crippen LogP) is 5.58. The molecular weight excluding hydrogens is 430 g/mol. The van der Waals surface area contributed by atoms with E-state index < -0.39 is 10.0 Å². The summed E-state index contributed by atoms with van der Waals surface area (Å²) in [6, 6.07) is 23.2. The van der Waals surface area contributed by atoms with Gasteiger partial charge in [-0.25, -0.2) is 12.4 Å². The van der Waals surface area contributed by atoms with Gasteiger partial charge in [-0.2, -0.15) is 0 Å². The highest BCUT2D eigenvalue weighted by Gasteiger charge is 2.28. The Morgan fingerprint density at radius 2 is 1.68 bits per heavy atom. The number of hydrogen-bond acceptors (Lipinski definition) is 5. The van der Waals surface area contributed by atoms with Crippen molar-refractivity contribution in [3.05, 3.63) is 84.6 Å². The molecule has 5 aromatic rings. The lowest BCUT2D eigenvalue weighted by Gasteiger charge is -2.09. The first kappa shape index (κ1) is 19.5. The SMILES string of the molecule is COc1ccc2c(c1)c(-c1cc3ccccc3s1)c(C=O)n2S(=O)(=O)c1ccccc1. The Hall–Kier alpha value is -3.42. The lowest BCUT2D eigenvalue weighted by atomic mass is 10.1. The lowest BCUT2D eigenvalue weighted by molar-refractivity contribution is 0.111. The Balaban J connectivity index is 1.91. The number of ether oxygens (including phenoxy) is 1. The number of methoxy groups -OCH3 is 1. The van der Waals surface area contributed by atoms with E-state index in [4.69, 9.17) is 4.74 Å². The van der Waals surface area contributed by atoms with E-state index in [2.05, 4.69) is 0 Å². The van der Waals surface area contributed by atoms with Gasteiger partial charge in [-0.05, 0) is 47.9 Å². The van der Waals surface area contributed by atoms with E-state index in [9.17, 15) is 13.2 Å². The molecule has 154 valence electrons. The van der Waals surface area contributed by atoms with Crippen LogP contribution in [0, 0.1) is 0 Å². The molecule has 0 fully saturated rings. The van der Waals surface area contributed by atoms with Crippen LogP contribution in [0.2, 0.25) is 0 Å². The summed E-state index contributed by atoms with van der Waals surface area (Å²) in [5.41, 5.74) is 1.11. The average molecular weight is 448 g/mol. The van der Waals surface area contributed by atoms with Gasteiger partial charge in [-0.3, -0.25) is 4.79 Å². The maximum Gasteiger partial charge on any atom is 0.268 e. The van der Waals surface area contributed by atoms with Crippen LogP contribution in [0.4, 0.5) is 0 Å². The predicted molar refractivity (Wildman–Crippen MR) is 124 cm³/mol. The smallest absolute Gasteiger partial charge is 0.268 e. The second-order valence-electron chi connectivity index (χ2n) is 6.99. The molecule has 2 aromatic heterocycles. The van der Waals surface area contributed by atoms with Crippen LogP contribution in [-0.4, -0.2) is 25.8 Å². The Labute approximate surface area is 183 Å². The summed E-state index contributed by atoms with van der Waals surface area (Å²) in [4.78, 5) is 13.3. The molecule has 0 unspecified atom stereocenters. The molecule has 0 aliphatic heterocycles. The molecule has 2 heterocycles. The van der Waals surface area contributed by atoms with Crippen LogP contribution in [0.25, 0.3) is 31.4 Å². The second kappa shape index (κ2) is 7.37. The number of thiophene rings is 1. The second-order valence-corrected chi connectivity index (χ2v) is 9.86. The van der Waals surface area contributed by atoms with Gasteiger partial charge < -0.3 is 4.74 Å². The van der Waals surface area contributed by atoms with E-state index >= 15 is 0 Å². The van der Waals surface area contributed by atoms with Crippen LogP contribution >= 0.6 is 11.3 Å². The molecule has 5 nitrogen and oxygen atoms in total. The van der Waals surface area contributed by atoms with Crippen molar-refractivity contribution in [1.29, 1.82) is 0 Å². The summed E-state index contributed by atoms with van der Waals surface area (Å²) >= 11 is 1.52. The molecule has 0 aliphatic carbocycles. The third kappa shape index (κ3) is 3.05. The van der Waals surface area contributed by atoms with E-state index in [0.717, 1.165) is 18.9 Å². The number of nitrogens with zero attached hydrogens (tertiary/aromatic N) is 1. The Morgan fingerprint density at radius 3 is 2.39 bits per heavy atom. The van der Waals surface area contributed by atoms with Gasteiger partial charge in [0.2, 0.25) is 0 Å². The molecule has 5 rings (SSSR count). The highest BCUT2D eigenvalue weighted by atomic mass is 32.2. The molecule has 3 aromatic carbocycles. The third-order valence-electron chi connectivity index (χ3n) is 5.23. The fourth-order valence-corrected chi connectivity index (χ4v) is 6.47. The molecule has 31 heavy (non-hydrogen) atoms. The molecular formula is C24H17NO4S2. The summed E-state index contributed by atoms with van der Waals surface area (Å²) in [6.07, 6.45) is 0.618. The van der Waals surface area contributed by atoms with Gasteiger partial charge in [-0.1, -0.05) is 36.4 Å². The van der Waals surface area contributed by atoms with E-state index in [1.807, 2.05) is 30.3 Å². The maximum absolute atomic E-state index is 13.6. The topological polar surface area (TPSA) is 65.4 Å². The van der Waals surface area contributed by atoms with Gasteiger partial charge >= 0.3 is 0 Å². The standard InChI is InChI=1S/C24H17NO4S2/c1-29-17-11-12-20-19(14-17)24(23-13-16-7-5-6-10-22(16)30-23)21(15-26)25(20)31(27,28)18-8-3-2-4-9-18/h2-15H,1H3. The van der Waals surface area contributed by atoms with Crippen LogP contribution in [0.3, 0.4) is 0 Å². The van der Waals surface area contributed by atoms with E-state index in [1.54, 1.807) is 43.5 Å². The van der Waals surface area contributed by atoms with E-state index in [1.165, 1.54) is 23.5 Å². The monoisotopic (exact) mass is 447 g/mol. The largest absolute Gasteiger partial charge is 0.497 e. The van der Waals surface area contributed by atoms with Gasteiger partial charge in [0.1, 0.15) is 11.4 Å². The number of aromatic nitrogens is 1. The summed E-state index contributed by atoms with van der Waals surface area (Å²) in [5.74, 6) is 0.585. The number of aldehydes is 1. The van der Waals surface area contributed by atoms with Crippen LogP contribution in [0.1, 0.15) is 10.5 Å². The molecule has 7 heteroatoms. The van der Waals surface area contributed by atoms with Crippen molar-refractivity contribution < 1.29 is 17.9 Å². The van der Waals surface area contributed by atoms with Crippen LogP contribution in [0.5, 0.6) is 5.75 Å². The van der Waals surface area contributed by atoms with Crippen molar-refractivity contribution in [1.82, 2.24) is 3.97 Å². The molecule has 0 spiro atoms. The summed E-state index contributed by atoms with van der Waals surface area (Å²) in [5, 5.41) is 1.68. The minimum absolute atomic E-state index is 0.0960. The number of rotatable bonds is 5. The van der Waals surface area contributed by atoms with Gasteiger partial charge in [0.25, 0.3) is 10.0 Å². The Kier molecular flexibility index (Phi) is 4.64. The first-order chi connectivity index (χ1) is 15.0. The fourth-order valence-electron chi connectivity index (χ4n) is 3.82. The van der Waals surface area contributed by atoms with Crippen LogP contribution < -0.4 is 4.74 Å². The molecule has 0 bridgehead atoms. The zero-order valence-electron chi connectivity index (χ0n) is 16.5. The molecule has 0 saturated carbocycles. The van der Waals surface area contributed by atoms with Crippen molar-refractivity contribution in [3.8, 4) is 16.2 Å². The van der Waals surface area contributed by atoms with Crippen molar-refractivity contribution in [2.24, 2.45) is 0 Å². The van der Waals surface area contributed by atoms with Crippen molar-refractivity contribution in [2.45, 2.75) is 4.90 Å². The number of hydrogen-bond donors (Lipinski definition) is 0. The molecule has 0 amide bonds. The van der Waals surface area contributed by atoms with Crippen molar-refractivity contribution in [2.75, 3.05) is 7.11 Å². The number of benzene rings is 3. The number of fused-ring (bicyclic) bond motifs is 2. The van der Waals surface area contributed by atoms with Gasteiger partial charge in [0.05, 0.1) is 17.5 Å². The van der Waals surface area contributed by atoms with E-state index in [-0.39, 0.29) is 10.6 Å².